The molecule has 244 valence electrons. The van der Waals surface area contributed by atoms with Crippen molar-refractivity contribution in [1.29, 1.82) is 1.28 Å². The Bertz CT molecular complexity index is 1940. The van der Waals surface area contributed by atoms with Crippen LogP contribution in [0.4, 0.5) is 0 Å². The number of aromatic nitrogens is 12. The molecule has 1 N–H and O–H groups in total. The number of hydrogen-bond donors (Lipinski definition) is 1. The summed E-state index contributed by atoms with van der Waals surface area (Å²) in [6.07, 6.45) is 11.2. The van der Waals surface area contributed by atoms with Gasteiger partial charge in [0.1, 0.15) is 21.7 Å². The summed E-state index contributed by atoms with van der Waals surface area (Å²) < 4.78 is 20.5. The van der Waals surface area contributed by atoms with Gasteiger partial charge in [-0.1, -0.05) is 34.8 Å². The summed E-state index contributed by atoms with van der Waals surface area (Å²) in [5, 5.41) is 18.3. The molecule has 0 aliphatic carbocycles. The maximum atomic E-state index is 5.98. The van der Waals surface area contributed by atoms with Crippen LogP contribution in [0.25, 0.3) is 33.1 Å². The van der Waals surface area contributed by atoms with E-state index in [1.807, 2.05) is 6.20 Å². The van der Waals surface area contributed by atoms with Gasteiger partial charge in [-0.25, -0.2) is 24.3 Å². The van der Waals surface area contributed by atoms with E-state index in [1.54, 1.807) is 31.6 Å². The molecule has 21 heteroatoms. The molecule has 6 aromatic rings. The van der Waals surface area contributed by atoms with Gasteiger partial charge in [-0.3, -0.25) is 5.10 Å². The normalized spacial score (nSPS) is 18.2. The first kappa shape index (κ1) is 33.6. The third-order valence-electron chi connectivity index (χ3n) is 6.82. The SMILES string of the molecule is Clc1nc(Cl)c2cn(C3CCCCO3)nc2n1.Clc1nc(Cl)c2cn[nH]c2n1.Clc1nc(Cl)c2cnn(C3CCCCO3)c2n1.[2H]P. The summed E-state index contributed by atoms with van der Waals surface area (Å²) in [5.74, 6) is 0. The molecule has 0 amide bonds. The first-order valence-electron chi connectivity index (χ1n) is 14.2. The van der Waals surface area contributed by atoms with Gasteiger partial charge in [0.05, 0.1) is 29.8 Å². The number of hydrogen-bond acceptors (Lipinski definition) is 11. The van der Waals surface area contributed by atoms with Gasteiger partial charge >= 0.3 is 0 Å². The Morgan fingerprint density at radius 3 is 2.00 bits per heavy atom. The Morgan fingerprint density at radius 2 is 1.33 bits per heavy atom. The first-order chi connectivity index (χ1) is 22.8. The zero-order valence-electron chi connectivity index (χ0n) is 24.6. The van der Waals surface area contributed by atoms with E-state index >= 15 is 0 Å². The monoisotopic (exact) mass is 767 g/mol. The molecule has 0 saturated carbocycles. The highest BCUT2D eigenvalue weighted by atomic mass is 35.5. The van der Waals surface area contributed by atoms with Crippen LogP contribution >= 0.6 is 79.4 Å². The van der Waals surface area contributed by atoms with E-state index in [2.05, 4.69) is 50.3 Å². The molecule has 0 radical (unpaired) electrons. The minimum absolute atomic E-state index is 0.0345. The summed E-state index contributed by atoms with van der Waals surface area (Å²) in [6.45, 7) is 1.51. The Kier molecular flexibility index (Phi) is 11.5. The second-order valence-electron chi connectivity index (χ2n) is 9.80. The third kappa shape index (κ3) is 8.05. The van der Waals surface area contributed by atoms with Gasteiger partial charge in [0.2, 0.25) is 15.9 Å². The minimum Gasteiger partial charge on any atom is -0.357 e. The Labute approximate surface area is 295 Å². The summed E-state index contributed by atoms with van der Waals surface area (Å²) >= 11 is 34.7. The maximum Gasteiger partial charge on any atom is 0.225 e. The molecule has 6 aromatic heterocycles. The van der Waals surface area contributed by atoms with Crippen LogP contribution in [0.5, 0.6) is 0 Å². The molecule has 2 aliphatic heterocycles. The predicted octanol–water partition coefficient (Wildman–Crippen LogP) is 7.38. The summed E-state index contributed by atoms with van der Waals surface area (Å²) in [7, 11) is 1.67. The average molecular weight is 770 g/mol. The molecule has 2 saturated heterocycles. The zero-order valence-corrected chi connectivity index (χ0v) is 29.3. The maximum absolute atomic E-state index is 5.98. The lowest BCUT2D eigenvalue weighted by Crippen LogP contribution is -2.19. The molecular formula is C25H25Cl6N12O2P. The number of ether oxygens (including phenoxy) is 2. The van der Waals surface area contributed by atoms with Crippen LogP contribution in [0.1, 0.15) is 51.0 Å². The fourth-order valence-corrected chi connectivity index (χ4v) is 5.98. The number of halogens is 6. The fourth-order valence-electron chi connectivity index (χ4n) is 4.71. The molecule has 14 nitrogen and oxygen atoms in total. The van der Waals surface area contributed by atoms with Crippen LogP contribution < -0.4 is 0 Å². The van der Waals surface area contributed by atoms with Gasteiger partial charge in [0.25, 0.3) is 0 Å². The quantitative estimate of drug-likeness (QED) is 0.106. The molecule has 8 rings (SSSR count). The van der Waals surface area contributed by atoms with Gasteiger partial charge in [0, 0.05) is 19.4 Å². The largest absolute Gasteiger partial charge is 0.357 e. The van der Waals surface area contributed by atoms with Crippen molar-refractivity contribution < 1.29 is 9.47 Å². The number of fused-ring (bicyclic) bond motifs is 3. The molecule has 3 unspecified atom stereocenters. The standard InChI is InChI=1S/2C10H10Cl2N4O.C5H2Cl2N4.H3P/c11-8-6-5-16(7-3-1-2-4-17-7)15-9(6)14-10(12)13-8;11-8-6-5-13-16(7-3-1-2-4-17-7)9(6)15-10(12)14-8;6-3-2-1-8-11-4(2)10-5(7)9-3;/h2*5,7H,1-4H2;1H,(H,8,9,10,11);1H3/i;;;1D. The third-order valence-corrected chi connectivity index (χ3v) is 8.19. The van der Waals surface area contributed by atoms with Crippen molar-refractivity contribution in [3.05, 3.63) is 49.9 Å². The van der Waals surface area contributed by atoms with Gasteiger partial charge in [-0.15, -0.1) is 5.10 Å². The number of H-pyrrole nitrogens is 1. The lowest BCUT2D eigenvalue weighted by molar-refractivity contribution is -0.0391. The average Bonchev–Trinajstić information content (AvgIpc) is 3.83. The van der Waals surface area contributed by atoms with Gasteiger partial charge in [0.15, 0.2) is 23.2 Å². The van der Waals surface area contributed by atoms with Crippen LogP contribution in [0.15, 0.2) is 18.6 Å². The lowest BCUT2D eigenvalue weighted by atomic mass is 10.2. The van der Waals surface area contributed by atoms with E-state index in [9.17, 15) is 0 Å². The summed E-state index contributed by atoms with van der Waals surface area (Å²) in [5.41, 5.74) is 1.68. The molecule has 0 bridgehead atoms. The van der Waals surface area contributed by atoms with Crippen molar-refractivity contribution >= 4 is 113 Å². The number of nitrogens with zero attached hydrogens (tertiary/aromatic N) is 11. The number of nitrogens with one attached hydrogen (secondary N) is 1. The van der Waals surface area contributed by atoms with E-state index in [4.69, 9.17) is 80.4 Å². The molecule has 0 spiro atoms. The van der Waals surface area contributed by atoms with Crippen LogP contribution in [0.2, 0.25) is 31.3 Å². The summed E-state index contributed by atoms with van der Waals surface area (Å²) in [4.78, 5) is 23.6. The highest BCUT2D eigenvalue weighted by Crippen LogP contribution is 2.29. The van der Waals surface area contributed by atoms with E-state index in [-0.39, 0.29) is 28.3 Å². The zero-order chi connectivity index (χ0) is 33.5. The highest BCUT2D eigenvalue weighted by Gasteiger charge is 2.21. The molecule has 3 atom stereocenters. The van der Waals surface area contributed by atoms with E-state index in [0.717, 1.165) is 51.7 Å². The second kappa shape index (κ2) is 15.8. The van der Waals surface area contributed by atoms with Crippen molar-refractivity contribution in [1.82, 2.24) is 59.7 Å². The van der Waals surface area contributed by atoms with Gasteiger partial charge in [-0.05, 0) is 73.3 Å². The van der Waals surface area contributed by atoms with Crippen LogP contribution in [-0.2, 0) is 9.47 Å². The van der Waals surface area contributed by atoms with E-state index in [0.29, 0.717) is 48.6 Å². The predicted molar refractivity (Wildman–Crippen MR) is 181 cm³/mol. The highest BCUT2D eigenvalue weighted by molar-refractivity contribution is 6.92. The molecule has 8 heterocycles. The number of aromatic amines is 1. The Morgan fingerprint density at radius 1 is 0.717 bits per heavy atom. The van der Waals surface area contributed by atoms with Crippen molar-refractivity contribution in [2.24, 2.45) is 0 Å². The Balaban J connectivity index is 0.000000138. The molecule has 2 fully saturated rings. The minimum atomic E-state index is -0.0803. The molecular weight excluding hydrogens is 744 g/mol. The smallest absolute Gasteiger partial charge is 0.225 e. The molecule has 0 aromatic carbocycles. The van der Waals surface area contributed by atoms with Gasteiger partial charge in [-0.2, -0.15) is 35.0 Å². The summed E-state index contributed by atoms with van der Waals surface area (Å²) in [6, 6.07) is 0. The van der Waals surface area contributed by atoms with Crippen molar-refractivity contribution in [3.8, 4) is 0 Å². The fraction of sp³-hybridized carbons (Fsp3) is 0.400. The van der Waals surface area contributed by atoms with E-state index in [1.165, 1.54) is 0 Å². The first-order valence-corrected chi connectivity index (χ1v) is 15.9. The second-order valence-corrected chi connectivity index (χ2v) is 11.9. The Hall–Kier alpha value is -2.26. The lowest BCUT2D eigenvalue weighted by Gasteiger charge is -2.22. The molecule has 46 heavy (non-hydrogen) atoms. The van der Waals surface area contributed by atoms with E-state index < -0.39 is 0 Å². The van der Waals surface area contributed by atoms with Crippen LogP contribution in [-0.4, -0.2) is 74.2 Å². The van der Waals surface area contributed by atoms with Crippen LogP contribution in [0, 0.1) is 0 Å². The topological polar surface area (TPSA) is 160 Å². The number of rotatable bonds is 2. The van der Waals surface area contributed by atoms with Gasteiger partial charge < -0.3 is 9.47 Å². The van der Waals surface area contributed by atoms with Crippen molar-refractivity contribution in [2.75, 3.05) is 13.2 Å². The molecule has 2 aliphatic rings. The van der Waals surface area contributed by atoms with Crippen LogP contribution in [0.3, 0.4) is 0 Å². The van der Waals surface area contributed by atoms with Crippen molar-refractivity contribution in [3.63, 3.8) is 0 Å². The van der Waals surface area contributed by atoms with Crippen molar-refractivity contribution in [2.45, 2.75) is 51.0 Å².